The molecule has 0 N–H and O–H groups in total. The maximum Gasteiger partial charge on any atom is 0.344 e. The van der Waals surface area contributed by atoms with Gasteiger partial charge in [-0.3, -0.25) is 0 Å². The Balaban J connectivity index is 1.85. The lowest BCUT2D eigenvalue weighted by molar-refractivity contribution is -0.0724. The van der Waals surface area contributed by atoms with E-state index in [1.807, 2.05) is 0 Å². The number of ether oxygens (including phenoxy) is 2. The van der Waals surface area contributed by atoms with E-state index in [0.717, 1.165) is 0 Å². The van der Waals surface area contributed by atoms with Gasteiger partial charge in [-0.05, 0) is 18.2 Å². The molecule has 0 bridgehead atoms. The number of cyclic esters (lactones) is 1. The van der Waals surface area contributed by atoms with Crippen LogP contribution in [0.25, 0.3) is 0 Å². The second kappa shape index (κ2) is 4.94. The molecular formula is C14H8ClNO4. The quantitative estimate of drug-likeness (QED) is 0.628. The van der Waals surface area contributed by atoms with Crippen LogP contribution in [-0.2, 0) is 9.47 Å². The van der Waals surface area contributed by atoms with Gasteiger partial charge >= 0.3 is 11.9 Å². The van der Waals surface area contributed by atoms with Crippen molar-refractivity contribution in [3.63, 3.8) is 0 Å². The fourth-order valence-electron chi connectivity index (χ4n) is 1.90. The molecule has 0 spiro atoms. The van der Waals surface area contributed by atoms with Gasteiger partial charge in [-0.2, -0.15) is 0 Å². The van der Waals surface area contributed by atoms with Gasteiger partial charge in [-0.25, -0.2) is 14.6 Å². The smallest absolute Gasteiger partial charge is 0.344 e. The summed E-state index contributed by atoms with van der Waals surface area (Å²) in [4.78, 5) is 27.4. The molecule has 3 rings (SSSR count). The van der Waals surface area contributed by atoms with E-state index >= 15 is 0 Å². The number of fused-ring (bicyclic) bond motifs is 1. The number of halogens is 1. The molecule has 2 aromatic rings. The van der Waals surface area contributed by atoms with Gasteiger partial charge in [0.25, 0.3) is 6.29 Å². The Morgan fingerprint density at radius 2 is 2.05 bits per heavy atom. The van der Waals surface area contributed by atoms with Crippen molar-refractivity contribution in [1.82, 2.24) is 4.98 Å². The highest BCUT2D eigenvalue weighted by Crippen LogP contribution is 2.32. The lowest BCUT2D eigenvalue weighted by atomic mass is 10.1. The monoisotopic (exact) mass is 289 g/mol. The van der Waals surface area contributed by atoms with E-state index in [9.17, 15) is 9.59 Å². The molecule has 0 radical (unpaired) electrons. The van der Waals surface area contributed by atoms with E-state index in [4.69, 9.17) is 21.1 Å². The second-order valence-corrected chi connectivity index (χ2v) is 4.43. The van der Waals surface area contributed by atoms with Gasteiger partial charge in [-0.1, -0.05) is 29.8 Å². The lowest BCUT2D eigenvalue weighted by Crippen LogP contribution is -2.12. The zero-order valence-electron chi connectivity index (χ0n) is 10.1. The first-order valence-corrected chi connectivity index (χ1v) is 6.16. The number of esters is 2. The van der Waals surface area contributed by atoms with Gasteiger partial charge < -0.3 is 9.47 Å². The SMILES string of the molecule is O=C1OC(OC(=O)c2cccnc2Cl)c2ccccc21. The number of aromatic nitrogens is 1. The third-order valence-electron chi connectivity index (χ3n) is 2.84. The normalized spacial score (nSPS) is 16.4. The van der Waals surface area contributed by atoms with Crippen LogP contribution in [0, 0.1) is 0 Å². The number of hydrogen-bond acceptors (Lipinski definition) is 5. The predicted molar refractivity (Wildman–Crippen MR) is 69.3 cm³/mol. The van der Waals surface area contributed by atoms with E-state index in [0.29, 0.717) is 11.1 Å². The number of rotatable bonds is 2. The third-order valence-corrected chi connectivity index (χ3v) is 3.14. The van der Waals surface area contributed by atoms with Gasteiger partial charge in [0.05, 0.1) is 11.1 Å². The summed E-state index contributed by atoms with van der Waals surface area (Å²) in [5.74, 6) is -1.21. The topological polar surface area (TPSA) is 65.5 Å². The molecule has 1 aromatic carbocycles. The fraction of sp³-hybridized carbons (Fsp3) is 0.0714. The Hall–Kier alpha value is -2.40. The number of benzene rings is 1. The minimum absolute atomic E-state index is 0.0371. The summed E-state index contributed by atoms with van der Waals surface area (Å²) >= 11 is 5.81. The average Bonchev–Trinajstić information content (AvgIpc) is 2.76. The molecule has 100 valence electrons. The number of carbonyl (C=O) groups is 2. The fourth-order valence-corrected chi connectivity index (χ4v) is 2.10. The summed E-state index contributed by atoms with van der Waals surface area (Å²) in [7, 11) is 0. The van der Waals surface area contributed by atoms with Gasteiger partial charge in [-0.15, -0.1) is 0 Å². The van der Waals surface area contributed by atoms with Gasteiger partial charge in [0.2, 0.25) is 0 Å². The highest BCUT2D eigenvalue weighted by Gasteiger charge is 2.34. The molecule has 1 aromatic heterocycles. The number of hydrogen-bond donors (Lipinski definition) is 0. The molecule has 20 heavy (non-hydrogen) atoms. The second-order valence-electron chi connectivity index (χ2n) is 4.07. The van der Waals surface area contributed by atoms with E-state index < -0.39 is 18.2 Å². The van der Waals surface area contributed by atoms with Crippen molar-refractivity contribution in [3.8, 4) is 0 Å². The standard InChI is InChI=1S/C14H8ClNO4/c15-11-10(6-3-7-16-11)13(18)20-14-9-5-2-1-4-8(9)12(17)19-14/h1-7,14H. The molecule has 6 heteroatoms. The maximum atomic E-state index is 12.0. The largest absolute Gasteiger partial charge is 0.417 e. The zero-order valence-corrected chi connectivity index (χ0v) is 10.8. The van der Waals surface area contributed by atoms with Crippen molar-refractivity contribution in [2.45, 2.75) is 6.29 Å². The van der Waals surface area contributed by atoms with Crippen LogP contribution in [-0.4, -0.2) is 16.9 Å². The van der Waals surface area contributed by atoms with Crippen molar-refractivity contribution in [2.75, 3.05) is 0 Å². The van der Waals surface area contributed by atoms with Crippen LogP contribution in [0.3, 0.4) is 0 Å². The lowest BCUT2D eigenvalue weighted by Gasteiger charge is -2.12. The average molecular weight is 290 g/mol. The number of pyridine rings is 1. The first-order valence-electron chi connectivity index (χ1n) is 5.78. The molecule has 1 aliphatic heterocycles. The maximum absolute atomic E-state index is 12.0. The molecule has 0 saturated carbocycles. The zero-order chi connectivity index (χ0) is 14.1. The first kappa shape index (κ1) is 12.6. The Kier molecular flexibility index (Phi) is 3.12. The third kappa shape index (κ3) is 2.12. The molecule has 0 aliphatic carbocycles. The van der Waals surface area contributed by atoms with Crippen molar-refractivity contribution >= 4 is 23.5 Å². The molecule has 0 saturated heterocycles. The molecule has 1 aliphatic rings. The van der Waals surface area contributed by atoms with Crippen LogP contribution in [0.1, 0.15) is 32.6 Å². The summed E-state index contributed by atoms with van der Waals surface area (Å²) in [6, 6.07) is 9.78. The van der Waals surface area contributed by atoms with Crippen molar-refractivity contribution in [2.24, 2.45) is 0 Å². The highest BCUT2D eigenvalue weighted by atomic mass is 35.5. The molecular weight excluding hydrogens is 282 g/mol. The van der Waals surface area contributed by atoms with Gasteiger partial charge in [0.15, 0.2) is 0 Å². The Bertz CT molecular complexity index is 701. The summed E-state index contributed by atoms with van der Waals surface area (Å²) < 4.78 is 10.2. The molecule has 0 amide bonds. The Morgan fingerprint density at radius 3 is 2.85 bits per heavy atom. The first-order chi connectivity index (χ1) is 9.66. The Labute approximate surface area is 119 Å². The highest BCUT2D eigenvalue weighted by molar-refractivity contribution is 6.32. The molecule has 2 heterocycles. The summed E-state index contributed by atoms with van der Waals surface area (Å²) in [6.07, 6.45) is 0.409. The molecule has 1 atom stereocenters. The van der Waals surface area contributed by atoms with Gasteiger partial charge in [0.1, 0.15) is 5.15 Å². The van der Waals surface area contributed by atoms with Crippen LogP contribution < -0.4 is 0 Å². The molecule has 5 nitrogen and oxygen atoms in total. The predicted octanol–water partition coefficient (Wildman–Crippen LogP) is 2.76. The minimum Gasteiger partial charge on any atom is -0.417 e. The Morgan fingerprint density at radius 1 is 1.25 bits per heavy atom. The molecule has 0 fully saturated rings. The minimum atomic E-state index is -1.05. The number of carbonyl (C=O) groups excluding carboxylic acids is 2. The molecule has 1 unspecified atom stereocenters. The number of nitrogens with zero attached hydrogens (tertiary/aromatic N) is 1. The van der Waals surface area contributed by atoms with E-state index in [2.05, 4.69) is 4.98 Å². The van der Waals surface area contributed by atoms with Crippen LogP contribution in [0.2, 0.25) is 5.15 Å². The summed E-state index contributed by atoms with van der Waals surface area (Å²) in [5.41, 5.74) is 1.03. The van der Waals surface area contributed by atoms with E-state index in [1.165, 1.54) is 12.3 Å². The van der Waals surface area contributed by atoms with Crippen molar-refractivity contribution in [3.05, 3.63) is 64.4 Å². The van der Waals surface area contributed by atoms with Crippen LogP contribution >= 0.6 is 11.6 Å². The summed E-state index contributed by atoms with van der Waals surface area (Å²) in [6.45, 7) is 0. The van der Waals surface area contributed by atoms with E-state index in [-0.39, 0.29) is 10.7 Å². The van der Waals surface area contributed by atoms with Crippen LogP contribution in [0.15, 0.2) is 42.6 Å². The van der Waals surface area contributed by atoms with Crippen LogP contribution in [0.5, 0.6) is 0 Å². The van der Waals surface area contributed by atoms with Gasteiger partial charge in [0, 0.05) is 11.8 Å². The van der Waals surface area contributed by atoms with Crippen LogP contribution in [0.4, 0.5) is 0 Å². The summed E-state index contributed by atoms with van der Waals surface area (Å²) in [5, 5.41) is 0.0371. The van der Waals surface area contributed by atoms with E-state index in [1.54, 1.807) is 30.3 Å². The van der Waals surface area contributed by atoms with Crippen molar-refractivity contribution < 1.29 is 19.1 Å². The van der Waals surface area contributed by atoms with Crippen molar-refractivity contribution in [1.29, 1.82) is 0 Å².